The first-order valence-corrected chi connectivity index (χ1v) is 6.46. The minimum atomic E-state index is 0.411. The van der Waals surface area contributed by atoms with Crippen molar-refractivity contribution in [2.24, 2.45) is 0 Å². The van der Waals surface area contributed by atoms with Crippen molar-refractivity contribution in [1.29, 1.82) is 0 Å². The molecule has 0 bridgehead atoms. The Labute approximate surface area is 104 Å². The van der Waals surface area contributed by atoms with Crippen molar-refractivity contribution < 1.29 is 4.74 Å². The van der Waals surface area contributed by atoms with Gasteiger partial charge in [0, 0.05) is 18.5 Å². The predicted molar refractivity (Wildman–Crippen MR) is 70.6 cm³/mol. The molecule has 0 saturated heterocycles. The van der Waals surface area contributed by atoms with Crippen LogP contribution in [0.1, 0.15) is 46.4 Å². The molecule has 1 aromatic heterocycles. The third kappa shape index (κ3) is 4.59. The average molecular weight is 237 g/mol. The van der Waals surface area contributed by atoms with Gasteiger partial charge in [-0.3, -0.25) is 0 Å². The van der Waals surface area contributed by atoms with E-state index >= 15 is 0 Å². The maximum absolute atomic E-state index is 5.46. The molecule has 1 rings (SSSR count). The van der Waals surface area contributed by atoms with Crippen molar-refractivity contribution >= 4 is 5.82 Å². The first kappa shape index (κ1) is 13.7. The molecule has 4 heteroatoms. The second-order valence-corrected chi connectivity index (χ2v) is 4.14. The first-order chi connectivity index (χ1) is 8.19. The van der Waals surface area contributed by atoms with E-state index in [1.54, 1.807) is 0 Å². The van der Waals surface area contributed by atoms with E-state index in [-0.39, 0.29) is 0 Å². The van der Waals surface area contributed by atoms with Crippen molar-refractivity contribution in [3.63, 3.8) is 0 Å². The van der Waals surface area contributed by atoms with Gasteiger partial charge in [0.25, 0.3) is 0 Å². The van der Waals surface area contributed by atoms with Gasteiger partial charge in [-0.1, -0.05) is 13.8 Å². The third-order valence-corrected chi connectivity index (χ3v) is 2.52. The zero-order valence-electron chi connectivity index (χ0n) is 11.3. The SMILES string of the molecule is CCCc1nc(NC(C)CC)cc(OCC)n1. The smallest absolute Gasteiger partial charge is 0.218 e. The van der Waals surface area contributed by atoms with Crippen LogP contribution in [-0.2, 0) is 6.42 Å². The summed E-state index contributed by atoms with van der Waals surface area (Å²) in [6.07, 6.45) is 2.99. The molecule has 0 fully saturated rings. The molecule has 0 saturated carbocycles. The van der Waals surface area contributed by atoms with Crippen LogP contribution in [0.25, 0.3) is 0 Å². The zero-order chi connectivity index (χ0) is 12.7. The number of aryl methyl sites for hydroxylation is 1. The molecule has 4 nitrogen and oxygen atoms in total. The number of nitrogens with zero attached hydrogens (tertiary/aromatic N) is 2. The number of hydrogen-bond donors (Lipinski definition) is 1. The lowest BCUT2D eigenvalue weighted by Crippen LogP contribution is -2.15. The maximum atomic E-state index is 5.46. The summed E-state index contributed by atoms with van der Waals surface area (Å²) in [6, 6.07) is 2.28. The van der Waals surface area contributed by atoms with Gasteiger partial charge in [-0.05, 0) is 26.7 Å². The van der Waals surface area contributed by atoms with Crippen molar-refractivity contribution in [3.05, 3.63) is 11.9 Å². The van der Waals surface area contributed by atoms with Gasteiger partial charge in [-0.2, -0.15) is 4.98 Å². The number of hydrogen-bond acceptors (Lipinski definition) is 4. The molecule has 0 spiro atoms. The number of rotatable bonds is 7. The summed E-state index contributed by atoms with van der Waals surface area (Å²) in [5, 5.41) is 3.36. The highest BCUT2D eigenvalue weighted by Gasteiger charge is 2.06. The van der Waals surface area contributed by atoms with Gasteiger partial charge in [0.15, 0.2) is 0 Å². The molecule has 1 unspecified atom stereocenters. The molecule has 0 aliphatic heterocycles. The van der Waals surface area contributed by atoms with Gasteiger partial charge in [0.1, 0.15) is 11.6 Å². The molecule has 1 heterocycles. The van der Waals surface area contributed by atoms with Crippen LogP contribution in [0.15, 0.2) is 6.07 Å². The molecule has 1 aromatic rings. The molecule has 0 aliphatic carbocycles. The molecule has 17 heavy (non-hydrogen) atoms. The minimum Gasteiger partial charge on any atom is -0.478 e. The molecule has 0 radical (unpaired) electrons. The van der Waals surface area contributed by atoms with Crippen LogP contribution in [0.4, 0.5) is 5.82 Å². The van der Waals surface area contributed by atoms with E-state index in [1.807, 2.05) is 13.0 Å². The Balaban J connectivity index is 2.86. The summed E-state index contributed by atoms with van der Waals surface area (Å²) in [5.74, 6) is 2.38. The standard InChI is InChI=1S/C13H23N3O/c1-5-8-11-15-12(14-10(4)6-2)9-13(16-11)17-7-3/h9-10H,5-8H2,1-4H3,(H,14,15,16). The van der Waals surface area contributed by atoms with Crippen LogP contribution >= 0.6 is 0 Å². The summed E-state index contributed by atoms with van der Waals surface area (Å²) >= 11 is 0. The highest BCUT2D eigenvalue weighted by atomic mass is 16.5. The van der Waals surface area contributed by atoms with Gasteiger partial charge in [-0.25, -0.2) is 4.98 Å². The Morgan fingerprint density at radius 3 is 2.65 bits per heavy atom. The summed E-state index contributed by atoms with van der Waals surface area (Å²) in [5.41, 5.74) is 0. The minimum absolute atomic E-state index is 0.411. The molecule has 0 amide bonds. The largest absolute Gasteiger partial charge is 0.478 e. The van der Waals surface area contributed by atoms with Crippen molar-refractivity contribution in [1.82, 2.24) is 9.97 Å². The fourth-order valence-corrected chi connectivity index (χ4v) is 1.46. The van der Waals surface area contributed by atoms with E-state index in [2.05, 4.69) is 36.1 Å². The fraction of sp³-hybridized carbons (Fsp3) is 0.692. The summed E-state index contributed by atoms with van der Waals surface area (Å²) in [6.45, 7) is 9.00. The Morgan fingerprint density at radius 2 is 2.06 bits per heavy atom. The highest BCUT2D eigenvalue weighted by Crippen LogP contribution is 2.15. The van der Waals surface area contributed by atoms with Crippen molar-refractivity contribution in [3.8, 4) is 5.88 Å². The number of anilines is 1. The molecule has 96 valence electrons. The Kier molecular flexibility index (Phi) is 5.73. The van der Waals surface area contributed by atoms with Crippen LogP contribution in [0, 0.1) is 0 Å². The molecule has 0 aliphatic rings. The average Bonchev–Trinajstić information content (AvgIpc) is 2.29. The maximum Gasteiger partial charge on any atom is 0.218 e. The van der Waals surface area contributed by atoms with Gasteiger partial charge >= 0.3 is 0 Å². The Morgan fingerprint density at radius 1 is 1.29 bits per heavy atom. The van der Waals surface area contributed by atoms with E-state index in [1.165, 1.54) is 0 Å². The van der Waals surface area contributed by atoms with E-state index in [0.717, 1.165) is 30.9 Å². The summed E-state index contributed by atoms with van der Waals surface area (Å²) in [4.78, 5) is 8.86. The van der Waals surface area contributed by atoms with Gasteiger partial charge in [0.2, 0.25) is 5.88 Å². The topological polar surface area (TPSA) is 47.0 Å². The van der Waals surface area contributed by atoms with Crippen LogP contribution in [0.2, 0.25) is 0 Å². The first-order valence-electron chi connectivity index (χ1n) is 6.46. The predicted octanol–water partition coefficient (Wildman–Crippen LogP) is 3.04. The van der Waals surface area contributed by atoms with Crippen molar-refractivity contribution in [2.75, 3.05) is 11.9 Å². The van der Waals surface area contributed by atoms with Crippen LogP contribution in [-0.4, -0.2) is 22.6 Å². The van der Waals surface area contributed by atoms with Crippen LogP contribution in [0.3, 0.4) is 0 Å². The molecule has 0 aromatic carbocycles. The molecule has 1 atom stereocenters. The summed E-state index contributed by atoms with van der Waals surface area (Å²) < 4.78 is 5.46. The second kappa shape index (κ2) is 7.09. The van der Waals surface area contributed by atoms with Crippen molar-refractivity contribution in [2.45, 2.75) is 53.0 Å². The van der Waals surface area contributed by atoms with Crippen LogP contribution < -0.4 is 10.1 Å². The van der Waals surface area contributed by atoms with Crippen LogP contribution in [0.5, 0.6) is 5.88 Å². The quantitative estimate of drug-likeness (QED) is 0.791. The lowest BCUT2D eigenvalue weighted by Gasteiger charge is -2.14. The number of nitrogens with one attached hydrogen (secondary N) is 1. The monoisotopic (exact) mass is 237 g/mol. The molecular weight excluding hydrogens is 214 g/mol. The van der Waals surface area contributed by atoms with E-state index in [9.17, 15) is 0 Å². The normalized spacial score (nSPS) is 12.2. The number of aromatic nitrogens is 2. The van der Waals surface area contributed by atoms with Gasteiger partial charge in [0.05, 0.1) is 6.61 Å². The Bertz CT molecular complexity index is 317. The molecule has 1 N–H and O–H groups in total. The lowest BCUT2D eigenvalue weighted by atomic mass is 10.2. The van der Waals surface area contributed by atoms with Gasteiger partial charge in [-0.15, -0.1) is 0 Å². The Hall–Kier alpha value is -1.32. The second-order valence-electron chi connectivity index (χ2n) is 4.14. The van der Waals surface area contributed by atoms with E-state index < -0.39 is 0 Å². The zero-order valence-corrected chi connectivity index (χ0v) is 11.3. The highest BCUT2D eigenvalue weighted by molar-refractivity contribution is 5.39. The van der Waals surface area contributed by atoms with E-state index in [4.69, 9.17) is 4.74 Å². The fourth-order valence-electron chi connectivity index (χ4n) is 1.46. The van der Waals surface area contributed by atoms with Gasteiger partial charge < -0.3 is 10.1 Å². The van der Waals surface area contributed by atoms with E-state index in [0.29, 0.717) is 18.5 Å². The number of ether oxygens (including phenoxy) is 1. The summed E-state index contributed by atoms with van der Waals surface area (Å²) in [7, 11) is 0. The third-order valence-electron chi connectivity index (χ3n) is 2.52. The molecular formula is C13H23N3O. The lowest BCUT2D eigenvalue weighted by molar-refractivity contribution is 0.325.